The molecule has 90 valence electrons. The monoisotopic (exact) mass is 236 g/mol. The molecule has 0 radical (unpaired) electrons. The Bertz CT molecular complexity index is 455. The van der Waals surface area contributed by atoms with Crippen LogP contribution >= 0.6 is 0 Å². The zero-order valence-electron chi connectivity index (χ0n) is 9.33. The maximum absolute atomic E-state index is 11.2. The van der Waals surface area contributed by atoms with E-state index in [1.165, 1.54) is 13.2 Å². The van der Waals surface area contributed by atoms with Gasteiger partial charge in [0.1, 0.15) is 5.69 Å². The van der Waals surface area contributed by atoms with Gasteiger partial charge in [-0.05, 0) is 6.07 Å². The van der Waals surface area contributed by atoms with E-state index in [-0.39, 0.29) is 17.6 Å². The molecular formula is C11H12N2O4. The highest BCUT2D eigenvalue weighted by atomic mass is 16.6. The van der Waals surface area contributed by atoms with Gasteiger partial charge in [-0.25, -0.2) is 0 Å². The Labute approximate surface area is 97.9 Å². The van der Waals surface area contributed by atoms with Crippen LogP contribution in [0.1, 0.15) is 0 Å². The van der Waals surface area contributed by atoms with Gasteiger partial charge >= 0.3 is 5.97 Å². The molecule has 1 fully saturated rings. The van der Waals surface area contributed by atoms with Gasteiger partial charge in [-0.1, -0.05) is 12.1 Å². The summed E-state index contributed by atoms with van der Waals surface area (Å²) in [7, 11) is 1.34. The van der Waals surface area contributed by atoms with Crippen molar-refractivity contribution >= 4 is 17.3 Å². The molecule has 17 heavy (non-hydrogen) atoms. The first kappa shape index (κ1) is 11.4. The second kappa shape index (κ2) is 4.40. The van der Waals surface area contributed by atoms with Gasteiger partial charge in [0.15, 0.2) is 0 Å². The van der Waals surface area contributed by atoms with E-state index >= 15 is 0 Å². The number of para-hydroxylation sites is 2. The Morgan fingerprint density at radius 3 is 2.71 bits per heavy atom. The van der Waals surface area contributed by atoms with Crippen molar-refractivity contribution in [1.29, 1.82) is 0 Å². The van der Waals surface area contributed by atoms with Crippen LogP contribution in [0.2, 0.25) is 0 Å². The fraction of sp³-hybridized carbons (Fsp3) is 0.364. The van der Waals surface area contributed by atoms with Gasteiger partial charge in [-0.3, -0.25) is 14.9 Å². The van der Waals surface area contributed by atoms with Crippen LogP contribution in [0.5, 0.6) is 0 Å². The van der Waals surface area contributed by atoms with Crippen LogP contribution in [0.4, 0.5) is 11.4 Å². The number of rotatable bonds is 3. The summed E-state index contributed by atoms with van der Waals surface area (Å²) in [4.78, 5) is 23.4. The lowest BCUT2D eigenvalue weighted by atomic mass is 9.99. The van der Waals surface area contributed by atoms with Crippen LogP contribution < -0.4 is 4.90 Å². The number of esters is 1. The summed E-state index contributed by atoms with van der Waals surface area (Å²) in [6, 6.07) is 6.51. The summed E-state index contributed by atoms with van der Waals surface area (Å²) >= 11 is 0. The first-order chi connectivity index (χ1) is 8.13. The molecule has 1 aliphatic rings. The summed E-state index contributed by atoms with van der Waals surface area (Å²) < 4.78 is 4.62. The van der Waals surface area contributed by atoms with Crippen molar-refractivity contribution < 1.29 is 14.5 Å². The minimum atomic E-state index is -0.416. The smallest absolute Gasteiger partial charge is 0.312 e. The van der Waals surface area contributed by atoms with Crippen molar-refractivity contribution in [3.63, 3.8) is 0 Å². The molecule has 2 rings (SSSR count). The van der Waals surface area contributed by atoms with E-state index in [0.717, 1.165) is 0 Å². The topological polar surface area (TPSA) is 72.7 Å². The summed E-state index contributed by atoms with van der Waals surface area (Å²) in [5, 5.41) is 10.8. The Kier molecular flexibility index (Phi) is 2.95. The SMILES string of the molecule is COC(=O)C1CN(c2ccccc2[N+](=O)[O-])C1. The van der Waals surface area contributed by atoms with Crippen LogP contribution in [0.25, 0.3) is 0 Å². The predicted molar refractivity (Wildman–Crippen MR) is 60.8 cm³/mol. The third-order valence-corrected chi connectivity index (χ3v) is 2.84. The van der Waals surface area contributed by atoms with E-state index in [0.29, 0.717) is 18.8 Å². The van der Waals surface area contributed by atoms with Crippen LogP contribution in [-0.2, 0) is 9.53 Å². The molecule has 0 atom stereocenters. The second-order valence-electron chi connectivity index (χ2n) is 3.87. The van der Waals surface area contributed by atoms with E-state index in [9.17, 15) is 14.9 Å². The first-order valence-corrected chi connectivity index (χ1v) is 5.19. The van der Waals surface area contributed by atoms with Crippen LogP contribution in [-0.4, -0.2) is 31.1 Å². The summed E-state index contributed by atoms with van der Waals surface area (Å²) in [5.41, 5.74) is 0.619. The highest BCUT2D eigenvalue weighted by Gasteiger charge is 2.36. The van der Waals surface area contributed by atoms with Gasteiger partial charge in [0, 0.05) is 19.2 Å². The van der Waals surface area contributed by atoms with Crippen molar-refractivity contribution in [3.8, 4) is 0 Å². The number of carbonyl (C=O) groups is 1. The average molecular weight is 236 g/mol. The van der Waals surface area contributed by atoms with Crippen molar-refractivity contribution in [3.05, 3.63) is 34.4 Å². The van der Waals surface area contributed by atoms with Gasteiger partial charge in [0.25, 0.3) is 5.69 Å². The lowest BCUT2D eigenvalue weighted by Gasteiger charge is -2.38. The number of hydrogen-bond donors (Lipinski definition) is 0. The fourth-order valence-corrected chi connectivity index (χ4v) is 1.88. The molecule has 1 aromatic rings. The van der Waals surface area contributed by atoms with Gasteiger partial charge in [0.2, 0.25) is 0 Å². The number of benzene rings is 1. The summed E-state index contributed by atoms with van der Waals surface area (Å²) in [5.74, 6) is -0.445. The third-order valence-electron chi connectivity index (χ3n) is 2.84. The maximum atomic E-state index is 11.2. The average Bonchev–Trinajstić information content (AvgIpc) is 2.27. The minimum Gasteiger partial charge on any atom is -0.469 e. The summed E-state index contributed by atoms with van der Waals surface area (Å²) in [6.45, 7) is 0.940. The third kappa shape index (κ3) is 2.06. The molecule has 0 amide bonds. The second-order valence-corrected chi connectivity index (χ2v) is 3.87. The summed E-state index contributed by atoms with van der Waals surface area (Å²) in [6.07, 6.45) is 0. The van der Waals surface area contributed by atoms with Gasteiger partial charge < -0.3 is 9.64 Å². The molecule has 0 aromatic heterocycles. The van der Waals surface area contributed by atoms with E-state index in [1.807, 2.05) is 0 Å². The van der Waals surface area contributed by atoms with E-state index < -0.39 is 4.92 Å². The van der Waals surface area contributed by atoms with Crippen molar-refractivity contribution in [2.75, 3.05) is 25.1 Å². The maximum Gasteiger partial charge on any atom is 0.312 e. The molecule has 6 heteroatoms. The van der Waals surface area contributed by atoms with E-state index in [2.05, 4.69) is 4.74 Å². The Morgan fingerprint density at radius 1 is 1.47 bits per heavy atom. The largest absolute Gasteiger partial charge is 0.469 e. The molecule has 0 aliphatic carbocycles. The van der Waals surface area contributed by atoms with Crippen LogP contribution in [0.15, 0.2) is 24.3 Å². The van der Waals surface area contributed by atoms with Gasteiger partial charge in [-0.15, -0.1) is 0 Å². The first-order valence-electron chi connectivity index (χ1n) is 5.19. The highest BCUT2D eigenvalue weighted by Crippen LogP contribution is 2.32. The molecular weight excluding hydrogens is 224 g/mol. The molecule has 0 saturated carbocycles. The molecule has 1 heterocycles. The number of methoxy groups -OCH3 is 1. The number of carbonyl (C=O) groups excluding carboxylic acids is 1. The zero-order chi connectivity index (χ0) is 12.4. The number of anilines is 1. The predicted octanol–water partition coefficient (Wildman–Crippen LogP) is 1.20. The Hall–Kier alpha value is -2.11. The van der Waals surface area contributed by atoms with Gasteiger partial charge in [-0.2, -0.15) is 0 Å². The lowest BCUT2D eigenvalue weighted by Crippen LogP contribution is -2.51. The molecule has 0 N–H and O–H groups in total. The Morgan fingerprint density at radius 2 is 2.12 bits per heavy atom. The minimum absolute atomic E-state index is 0.0656. The molecule has 1 aromatic carbocycles. The fourth-order valence-electron chi connectivity index (χ4n) is 1.88. The normalized spacial score (nSPS) is 15.2. The number of nitro groups is 1. The lowest BCUT2D eigenvalue weighted by molar-refractivity contribution is -0.384. The van der Waals surface area contributed by atoms with Crippen molar-refractivity contribution in [2.24, 2.45) is 5.92 Å². The van der Waals surface area contributed by atoms with Crippen molar-refractivity contribution in [1.82, 2.24) is 0 Å². The number of hydrogen-bond acceptors (Lipinski definition) is 5. The molecule has 1 aliphatic heterocycles. The van der Waals surface area contributed by atoms with Crippen LogP contribution in [0.3, 0.4) is 0 Å². The van der Waals surface area contributed by atoms with Crippen LogP contribution in [0, 0.1) is 16.0 Å². The van der Waals surface area contributed by atoms with E-state index in [4.69, 9.17) is 0 Å². The number of ether oxygens (including phenoxy) is 1. The number of nitro benzene ring substituents is 1. The zero-order valence-corrected chi connectivity index (χ0v) is 9.33. The molecule has 0 bridgehead atoms. The molecule has 1 saturated heterocycles. The Balaban J connectivity index is 2.11. The van der Waals surface area contributed by atoms with Crippen molar-refractivity contribution in [2.45, 2.75) is 0 Å². The molecule has 0 spiro atoms. The van der Waals surface area contributed by atoms with E-state index in [1.54, 1.807) is 23.1 Å². The standard InChI is InChI=1S/C11H12N2O4/c1-17-11(14)8-6-12(7-8)9-4-2-3-5-10(9)13(15)16/h2-5,8H,6-7H2,1H3. The highest BCUT2D eigenvalue weighted by molar-refractivity contribution is 5.77. The van der Waals surface area contributed by atoms with Gasteiger partial charge in [0.05, 0.1) is 18.0 Å². The molecule has 6 nitrogen and oxygen atoms in total. The number of nitrogens with zero attached hydrogens (tertiary/aromatic N) is 2. The quantitative estimate of drug-likeness (QED) is 0.448. The molecule has 0 unspecified atom stereocenters.